The Labute approximate surface area is 147 Å². The smallest absolute Gasteiger partial charge is 0.192 e. The number of rotatable bonds is 5. The van der Waals surface area contributed by atoms with Crippen molar-refractivity contribution in [3.63, 3.8) is 0 Å². The summed E-state index contributed by atoms with van der Waals surface area (Å²) in [5.74, 6) is 1.60. The maximum atomic E-state index is 4.55. The summed E-state index contributed by atoms with van der Waals surface area (Å²) >= 11 is 0. The third-order valence-corrected chi connectivity index (χ3v) is 3.07. The zero-order valence-corrected chi connectivity index (χ0v) is 15.4. The quantitative estimate of drug-likeness (QED) is 0.439. The Morgan fingerprint density at radius 2 is 2.14 bits per heavy atom. The molecule has 0 aliphatic heterocycles. The molecule has 0 saturated carbocycles. The predicted octanol–water partition coefficient (Wildman–Crippen LogP) is 1.39. The SMILES string of the molecule is CCNC(=NCc1ncccc1C)NCc1ncnn1C.I. The molecule has 0 amide bonds. The fourth-order valence-corrected chi connectivity index (χ4v) is 1.82. The summed E-state index contributed by atoms with van der Waals surface area (Å²) < 4.78 is 1.74. The lowest BCUT2D eigenvalue weighted by atomic mass is 10.2. The van der Waals surface area contributed by atoms with Crippen molar-refractivity contribution in [3.8, 4) is 0 Å². The minimum atomic E-state index is 0. The lowest BCUT2D eigenvalue weighted by molar-refractivity contribution is 0.672. The van der Waals surface area contributed by atoms with Crippen molar-refractivity contribution in [3.05, 3.63) is 41.7 Å². The monoisotopic (exact) mass is 415 g/mol. The molecule has 22 heavy (non-hydrogen) atoms. The van der Waals surface area contributed by atoms with Gasteiger partial charge in [-0.3, -0.25) is 9.67 Å². The molecule has 0 saturated heterocycles. The highest BCUT2D eigenvalue weighted by Crippen LogP contribution is 2.04. The number of nitrogens with zero attached hydrogens (tertiary/aromatic N) is 5. The molecule has 0 aliphatic rings. The molecule has 2 aromatic rings. The third kappa shape index (κ3) is 5.24. The molecule has 0 aliphatic carbocycles. The van der Waals surface area contributed by atoms with Gasteiger partial charge in [0.15, 0.2) is 5.96 Å². The Morgan fingerprint density at radius 3 is 2.77 bits per heavy atom. The number of hydrogen-bond acceptors (Lipinski definition) is 4. The van der Waals surface area contributed by atoms with Crippen LogP contribution in [0.25, 0.3) is 0 Å². The van der Waals surface area contributed by atoms with Crippen LogP contribution in [-0.2, 0) is 20.1 Å². The number of aliphatic imine (C=N–C) groups is 1. The highest BCUT2D eigenvalue weighted by Gasteiger charge is 2.03. The summed E-state index contributed by atoms with van der Waals surface area (Å²) in [6.45, 7) is 5.99. The minimum Gasteiger partial charge on any atom is -0.357 e. The van der Waals surface area contributed by atoms with E-state index in [9.17, 15) is 0 Å². The van der Waals surface area contributed by atoms with Crippen LogP contribution in [0.5, 0.6) is 0 Å². The largest absolute Gasteiger partial charge is 0.357 e. The number of hydrogen-bond donors (Lipinski definition) is 2. The molecule has 0 spiro atoms. The van der Waals surface area contributed by atoms with Crippen LogP contribution in [-0.4, -0.2) is 32.3 Å². The van der Waals surface area contributed by atoms with E-state index in [0.717, 1.165) is 29.6 Å². The molecule has 2 N–H and O–H groups in total. The lowest BCUT2D eigenvalue weighted by Gasteiger charge is -2.11. The Bertz CT molecular complexity index is 609. The summed E-state index contributed by atoms with van der Waals surface area (Å²) in [5.41, 5.74) is 2.12. The second-order valence-electron chi connectivity index (χ2n) is 4.62. The number of nitrogens with one attached hydrogen (secondary N) is 2. The van der Waals surface area contributed by atoms with Crippen molar-refractivity contribution in [2.75, 3.05) is 6.54 Å². The second kappa shape index (κ2) is 9.34. The molecular weight excluding hydrogens is 393 g/mol. The van der Waals surface area contributed by atoms with E-state index in [1.165, 1.54) is 0 Å². The van der Waals surface area contributed by atoms with E-state index in [-0.39, 0.29) is 24.0 Å². The van der Waals surface area contributed by atoms with Crippen LogP contribution in [0.2, 0.25) is 0 Å². The van der Waals surface area contributed by atoms with Gasteiger partial charge < -0.3 is 10.6 Å². The topological polar surface area (TPSA) is 80.0 Å². The molecule has 0 aromatic carbocycles. The first-order valence-electron chi connectivity index (χ1n) is 6.96. The molecule has 2 aromatic heterocycles. The number of aryl methyl sites for hydroxylation is 2. The van der Waals surface area contributed by atoms with Gasteiger partial charge >= 0.3 is 0 Å². The van der Waals surface area contributed by atoms with E-state index in [0.29, 0.717) is 13.1 Å². The first kappa shape index (κ1) is 18.3. The highest BCUT2D eigenvalue weighted by atomic mass is 127. The Morgan fingerprint density at radius 1 is 1.32 bits per heavy atom. The van der Waals surface area contributed by atoms with E-state index in [2.05, 4.69) is 30.7 Å². The van der Waals surface area contributed by atoms with Crippen LogP contribution < -0.4 is 10.6 Å². The molecule has 7 nitrogen and oxygen atoms in total. The Balaban J connectivity index is 0.00000242. The summed E-state index contributed by atoms with van der Waals surface area (Å²) in [5, 5.41) is 10.5. The maximum Gasteiger partial charge on any atom is 0.192 e. The van der Waals surface area contributed by atoms with Crippen LogP contribution in [0, 0.1) is 6.92 Å². The summed E-state index contributed by atoms with van der Waals surface area (Å²) in [6.07, 6.45) is 3.33. The molecule has 0 fully saturated rings. The minimum absolute atomic E-state index is 0. The van der Waals surface area contributed by atoms with E-state index >= 15 is 0 Å². The average Bonchev–Trinajstić information content (AvgIpc) is 2.89. The number of pyridine rings is 1. The first-order valence-corrected chi connectivity index (χ1v) is 6.96. The van der Waals surface area contributed by atoms with Crippen LogP contribution in [0.1, 0.15) is 24.0 Å². The van der Waals surface area contributed by atoms with Crippen LogP contribution in [0.4, 0.5) is 0 Å². The van der Waals surface area contributed by atoms with Gasteiger partial charge in [-0.05, 0) is 25.5 Å². The van der Waals surface area contributed by atoms with Crippen LogP contribution >= 0.6 is 24.0 Å². The molecule has 0 radical (unpaired) electrons. The van der Waals surface area contributed by atoms with Gasteiger partial charge in [0.05, 0.1) is 18.8 Å². The zero-order chi connectivity index (χ0) is 15.1. The zero-order valence-electron chi connectivity index (χ0n) is 13.1. The summed E-state index contributed by atoms with van der Waals surface area (Å²) in [4.78, 5) is 13.1. The van der Waals surface area contributed by atoms with Gasteiger partial charge in [-0.25, -0.2) is 9.98 Å². The van der Waals surface area contributed by atoms with Gasteiger partial charge in [-0.2, -0.15) is 5.10 Å². The molecule has 0 atom stereocenters. The van der Waals surface area contributed by atoms with Crippen molar-refractivity contribution in [1.29, 1.82) is 0 Å². The summed E-state index contributed by atoms with van der Waals surface area (Å²) in [6, 6.07) is 3.97. The number of halogens is 1. The standard InChI is InChI=1S/C14H21N7.HI/c1-4-15-14(18-9-13-19-10-20-21(13)3)17-8-12-11(2)6-5-7-16-12;/h5-7,10H,4,8-9H2,1-3H3,(H2,15,17,18);1H. The normalized spacial score (nSPS) is 11.0. The molecule has 0 unspecified atom stereocenters. The molecule has 8 heteroatoms. The van der Waals surface area contributed by atoms with Crippen LogP contribution in [0.15, 0.2) is 29.6 Å². The van der Waals surface area contributed by atoms with Gasteiger partial charge in [0, 0.05) is 19.8 Å². The van der Waals surface area contributed by atoms with E-state index < -0.39 is 0 Å². The van der Waals surface area contributed by atoms with Crippen LogP contribution in [0.3, 0.4) is 0 Å². The summed E-state index contributed by atoms with van der Waals surface area (Å²) in [7, 11) is 1.87. The van der Waals surface area contributed by atoms with E-state index in [1.54, 1.807) is 17.2 Å². The molecule has 2 rings (SSSR count). The predicted molar refractivity (Wildman–Crippen MR) is 97.0 cm³/mol. The fraction of sp³-hybridized carbons (Fsp3) is 0.429. The second-order valence-corrected chi connectivity index (χ2v) is 4.62. The molecule has 0 bridgehead atoms. The van der Waals surface area contributed by atoms with Gasteiger partial charge in [0.2, 0.25) is 0 Å². The van der Waals surface area contributed by atoms with E-state index in [1.807, 2.05) is 33.0 Å². The molecule has 2 heterocycles. The molecule has 120 valence electrons. The van der Waals surface area contributed by atoms with Crippen molar-refractivity contribution in [2.24, 2.45) is 12.0 Å². The van der Waals surface area contributed by atoms with Crippen molar-refractivity contribution < 1.29 is 0 Å². The van der Waals surface area contributed by atoms with Gasteiger partial charge in [0.1, 0.15) is 12.2 Å². The van der Waals surface area contributed by atoms with Gasteiger partial charge in [0.25, 0.3) is 0 Å². The molecular formula is C14H22IN7. The number of aromatic nitrogens is 4. The Kier molecular flexibility index (Phi) is 7.78. The van der Waals surface area contributed by atoms with Crippen molar-refractivity contribution >= 4 is 29.9 Å². The van der Waals surface area contributed by atoms with Gasteiger partial charge in [-0.15, -0.1) is 24.0 Å². The van der Waals surface area contributed by atoms with E-state index in [4.69, 9.17) is 0 Å². The van der Waals surface area contributed by atoms with Crippen molar-refractivity contribution in [2.45, 2.75) is 26.9 Å². The average molecular weight is 415 g/mol. The van der Waals surface area contributed by atoms with Gasteiger partial charge in [-0.1, -0.05) is 6.07 Å². The van der Waals surface area contributed by atoms with Crippen molar-refractivity contribution in [1.82, 2.24) is 30.4 Å². The maximum absolute atomic E-state index is 4.55. The third-order valence-electron chi connectivity index (χ3n) is 3.07. The first-order chi connectivity index (χ1) is 10.2. The highest BCUT2D eigenvalue weighted by molar-refractivity contribution is 14.0. The Hall–Kier alpha value is -1.71. The lowest BCUT2D eigenvalue weighted by Crippen LogP contribution is -2.37. The number of guanidine groups is 1. The fourth-order valence-electron chi connectivity index (χ4n) is 1.82.